The second-order valence-corrected chi connectivity index (χ2v) is 7.79. The number of anilines is 1. The summed E-state index contributed by atoms with van der Waals surface area (Å²) in [6.45, 7) is 1.83. The molecule has 0 bridgehead atoms. The van der Waals surface area contributed by atoms with Crippen LogP contribution < -0.4 is 5.32 Å². The maximum atomic E-state index is 12.5. The minimum Gasteiger partial charge on any atom is -0.325 e. The number of carbonyl (C=O) groups is 1. The van der Waals surface area contributed by atoms with Gasteiger partial charge in [0.25, 0.3) is 0 Å². The maximum absolute atomic E-state index is 12.5. The third-order valence-corrected chi connectivity index (χ3v) is 5.63. The fourth-order valence-corrected chi connectivity index (χ4v) is 4.07. The molecule has 1 atom stereocenters. The fraction of sp³-hybridized carbons (Fsp3) is 0.0952. The maximum Gasteiger partial charge on any atom is 0.237 e. The van der Waals surface area contributed by atoms with Crippen LogP contribution in [-0.4, -0.2) is 31.3 Å². The highest BCUT2D eigenvalue weighted by molar-refractivity contribution is 8.00. The third kappa shape index (κ3) is 2.80. The first kappa shape index (κ1) is 16.8. The Hall–Kier alpha value is -3.32. The average molecular weight is 385 g/mol. The van der Waals surface area contributed by atoms with Crippen molar-refractivity contribution < 1.29 is 4.79 Å². The number of hydrogen-bond donors (Lipinski definition) is 1. The van der Waals surface area contributed by atoms with E-state index in [4.69, 9.17) is 4.98 Å². The van der Waals surface area contributed by atoms with E-state index in [1.807, 2.05) is 25.1 Å². The van der Waals surface area contributed by atoms with E-state index in [1.165, 1.54) is 11.8 Å². The Morgan fingerprint density at radius 1 is 0.964 bits per heavy atom. The number of carbonyl (C=O) groups excluding carboxylic acids is 1. The van der Waals surface area contributed by atoms with Crippen molar-refractivity contribution in [3.63, 3.8) is 0 Å². The van der Waals surface area contributed by atoms with Gasteiger partial charge >= 0.3 is 0 Å². The second kappa shape index (κ2) is 6.69. The van der Waals surface area contributed by atoms with Gasteiger partial charge in [0.05, 0.1) is 5.25 Å². The number of rotatable bonds is 4. The Labute approximate surface area is 165 Å². The number of amides is 1. The molecule has 1 aliphatic carbocycles. The monoisotopic (exact) mass is 385 g/mol. The summed E-state index contributed by atoms with van der Waals surface area (Å²) >= 11 is 1.29. The fourth-order valence-electron chi connectivity index (χ4n) is 3.36. The number of nitrogens with zero attached hydrogens (tertiary/aromatic N) is 4. The molecule has 5 rings (SSSR count). The molecule has 0 radical (unpaired) electrons. The first-order chi connectivity index (χ1) is 13.7. The van der Waals surface area contributed by atoms with Crippen molar-refractivity contribution >= 4 is 34.1 Å². The molecule has 6 nitrogen and oxygen atoms in total. The lowest BCUT2D eigenvalue weighted by molar-refractivity contribution is -0.115. The Morgan fingerprint density at radius 2 is 1.68 bits per heavy atom. The van der Waals surface area contributed by atoms with Gasteiger partial charge in [0, 0.05) is 34.6 Å². The van der Waals surface area contributed by atoms with E-state index >= 15 is 0 Å². The molecule has 1 amide bonds. The standard InChI is InChI=1S/C21H15N5OS/c1-12(20(27)23-14-8-10-22-11-9-14)28-21-24-18-15-6-2-4-13-5-3-7-16(17(13)15)19(18)25-26-21/h2-12H,1H3,(H,22,23,27). The molecular formula is C21H15N5OS. The van der Waals surface area contributed by atoms with Gasteiger partial charge in [-0.2, -0.15) is 0 Å². The van der Waals surface area contributed by atoms with E-state index in [0.717, 1.165) is 33.3 Å². The Balaban J connectivity index is 1.42. The summed E-state index contributed by atoms with van der Waals surface area (Å²) in [7, 11) is 0. The topological polar surface area (TPSA) is 80.7 Å². The molecule has 1 N–H and O–H groups in total. The van der Waals surface area contributed by atoms with Crippen LogP contribution in [0.25, 0.3) is 33.3 Å². The van der Waals surface area contributed by atoms with E-state index < -0.39 is 0 Å². The lowest BCUT2D eigenvalue weighted by Crippen LogP contribution is -2.22. The normalized spacial score (nSPS) is 12.6. The number of benzene rings is 2. The highest BCUT2D eigenvalue weighted by Gasteiger charge is 2.26. The van der Waals surface area contributed by atoms with E-state index in [1.54, 1.807) is 24.5 Å². The zero-order valence-corrected chi connectivity index (χ0v) is 15.8. The quantitative estimate of drug-likeness (QED) is 0.467. The zero-order chi connectivity index (χ0) is 19.1. The molecule has 0 spiro atoms. The highest BCUT2D eigenvalue weighted by Crippen LogP contribution is 2.45. The molecule has 28 heavy (non-hydrogen) atoms. The van der Waals surface area contributed by atoms with Crippen LogP contribution in [0.2, 0.25) is 0 Å². The van der Waals surface area contributed by atoms with Crippen molar-refractivity contribution in [1.29, 1.82) is 0 Å². The van der Waals surface area contributed by atoms with E-state index in [-0.39, 0.29) is 11.2 Å². The van der Waals surface area contributed by atoms with Crippen LogP contribution in [0.3, 0.4) is 0 Å². The molecule has 2 aromatic heterocycles. The zero-order valence-electron chi connectivity index (χ0n) is 15.0. The van der Waals surface area contributed by atoms with Crippen molar-refractivity contribution in [2.75, 3.05) is 5.32 Å². The van der Waals surface area contributed by atoms with Crippen LogP contribution in [-0.2, 0) is 4.79 Å². The largest absolute Gasteiger partial charge is 0.325 e. The van der Waals surface area contributed by atoms with Gasteiger partial charge in [-0.05, 0) is 24.4 Å². The Bertz CT molecular complexity index is 1210. The first-order valence-corrected chi connectivity index (χ1v) is 9.73. The number of aromatic nitrogens is 4. The molecule has 0 saturated carbocycles. The summed E-state index contributed by atoms with van der Waals surface area (Å²) in [6, 6.07) is 15.8. The first-order valence-electron chi connectivity index (χ1n) is 8.85. The number of thioether (sulfide) groups is 1. The van der Waals surface area contributed by atoms with E-state index in [2.05, 4.69) is 38.7 Å². The van der Waals surface area contributed by atoms with Crippen molar-refractivity contribution in [2.24, 2.45) is 0 Å². The van der Waals surface area contributed by atoms with Crippen LogP contribution in [0.1, 0.15) is 6.92 Å². The summed E-state index contributed by atoms with van der Waals surface area (Å²) in [5.41, 5.74) is 4.45. The lowest BCUT2D eigenvalue weighted by atomic mass is 10.0. The summed E-state index contributed by atoms with van der Waals surface area (Å²) in [5, 5.41) is 14.0. The molecule has 0 saturated heterocycles. The smallest absolute Gasteiger partial charge is 0.237 e. The van der Waals surface area contributed by atoms with Gasteiger partial charge in [0.2, 0.25) is 11.1 Å². The molecule has 2 heterocycles. The highest BCUT2D eigenvalue weighted by atomic mass is 32.2. The van der Waals surface area contributed by atoms with Gasteiger partial charge in [-0.25, -0.2) is 4.98 Å². The van der Waals surface area contributed by atoms with Crippen molar-refractivity contribution in [1.82, 2.24) is 20.2 Å². The van der Waals surface area contributed by atoms with Gasteiger partial charge in [-0.3, -0.25) is 9.78 Å². The number of fused-ring (bicyclic) bond motifs is 3. The van der Waals surface area contributed by atoms with Gasteiger partial charge < -0.3 is 5.32 Å². The van der Waals surface area contributed by atoms with Crippen LogP contribution in [0.4, 0.5) is 5.69 Å². The van der Waals surface area contributed by atoms with E-state index in [0.29, 0.717) is 10.8 Å². The molecule has 0 fully saturated rings. The van der Waals surface area contributed by atoms with Gasteiger partial charge in [0.1, 0.15) is 11.4 Å². The molecule has 0 aliphatic heterocycles. The van der Waals surface area contributed by atoms with Crippen LogP contribution in [0.15, 0.2) is 66.1 Å². The summed E-state index contributed by atoms with van der Waals surface area (Å²) in [4.78, 5) is 21.1. The summed E-state index contributed by atoms with van der Waals surface area (Å²) in [5.74, 6) is -0.120. The predicted molar refractivity (Wildman–Crippen MR) is 110 cm³/mol. The molecule has 7 heteroatoms. The van der Waals surface area contributed by atoms with Crippen molar-refractivity contribution in [3.8, 4) is 22.5 Å². The third-order valence-electron chi connectivity index (χ3n) is 4.68. The Morgan fingerprint density at radius 3 is 2.43 bits per heavy atom. The average Bonchev–Trinajstić information content (AvgIpc) is 3.04. The molecule has 1 unspecified atom stereocenters. The molecule has 136 valence electrons. The second-order valence-electron chi connectivity index (χ2n) is 6.49. The summed E-state index contributed by atoms with van der Waals surface area (Å²) < 4.78 is 0. The summed E-state index contributed by atoms with van der Waals surface area (Å²) in [6.07, 6.45) is 3.28. The minimum atomic E-state index is -0.368. The van der Waals surface area contributed by atoms with Crippen LogP contribution in [0, 0.1) is 0 Å². The van der Waals surface area contributed by atoms with E-state index in [9.17, 15) is 4.79 Å². The van der Waals surface area contributed by atoms with Crippen LogP contribution in [0.5, 0.6) is 0 Å². The van der Waals surface area contributed by atoms with Gasteiger partial charge in [0.15, 0.2) is 0 Å². The van der Waals surface area contributed by atoms with Crippen LogP contribution >= 0.6 is 11.8 Å². The SMILES string of the molecule is CC(Sc1nnc2c(n1)-c1cccc3cccc-2c13)C(=O)Nc1ccncc1. The van der Waals surface area contributed by atoms with Crippen molar-refractivity contribution in [2.45, 2.75) is 17.3 Å². The molecular weight excluding hydrogens is 370 g/mol. The lowest BCUT2D eigenvalue weighted by Gasteiger charge is -2.11. The van der Waals surface area contributed by atoms with Gasteiger partial charge in [-0.1, -0.05) is 48.2 Å². The number of nitrogens with one attached hydrogen (secondary N) is 1. The Kier molecular flexibility index (Phi) is 4.02. The minimum absolute atomic E-state index is 0.120. The van der Waals surface area contributed by atoms with Gasteiger partial charge in [-0.15, -0.1) is 10.2 Å². The predicted octanol–water partition coefficient (Wildman–Crippen LogP) is 4.19. The molecule has 4 aromatic rings. The number of pyridine rings is 1. The van der Waals surface area contributed by atoms with Crippen molar-refractivity contribution in [3.05, 3.63) is 60.9 Å². The number of hydrogen-bond acceptors (Lipinski definition) is 6. The molecule has 2 aromatic carbocycles. The molecule has 1 aliphatic rings.